The van der Waals surface area contributed by atoms with Crippen LogP contribution in [0.5, 0.6) is 0 Å². The maximum absolute atomic E-state index is 11.5. The Morgan fingerprint density at radius 2 is 2.06 bits per heavy atom. The SMILES string of the molecule is CC(=O)C(=O)c1cnc2nc(N)[nH]c(=O)c2n1. The number of nitrogens with one attached hydrogen (secondary N) is 1. The molecule has 2 aromatic rings. The van der Waals surface area contributed by atoms with Crippen LogP contribution in [0.2, 0.25) is 0 Å². The van der Waals surface area contributed by atoms with Gasteiger partial charge in [-0.05, 0) is 0 Å². The van der Waals surface area contributed by atoms with Crippen LogP contribution in [0.25, 0.3) is 11.2 Å². The van der Waals surface area contributed by atoms with Crippen molar-refractivity contribution in [1.82, 2.24) is 19.9 Å². The summed E-state index contributed by atoms with van der Waals surface area (Å²) in [6.07, 6.45) is 1.08. The Hall–Kier alpha value is -2.64. The maximum Gasteiger partial charge on any atom is 0.280 e. The van der Waals surface area contributed by atoms with E-state index in [1.807, 2.05) is 0 Å². The van der Waals surface area contributed by atoms with Crippen molar-refractivity contribution < 1.29 is 9.59 Å². The van der Waals surface area contributed by atoms with Crippen molar-refractivity contribution in [3.63, 3.8) is 0 Å². The van der Waals surface area contributed by atoms with Crippen LogP contribution in [0.15, 0.2) is 11.0 Å². The molecule has 86 valence electrons. The molecule has 0 amide bonds. The largest absolute Gasteiger partial charge is 0.369 e. The fourth-order valence-electron chi connectivity index (χ4n) is 1.22. The number of nitrogen functional groups attached to an aromatic ring is 1. The zero-order valence-corrected chi connectivity index (χ0v) is 8.72. The van der Waals surface area contributed by atoms with Gasteiger partial charge in [0.2, 0.25) is 17.5 Å². The molecule has 0 unspecified atom stereocenters. The first-order valence-electron chi connectivity index (χ1n) is 4.57. The number of carbonyl (C=O) groups excluding carboxylic acids is 2. The zero-order valence-electron chi connectivity index (χ0n) is 8.72. The average molecular weight is 233 g/mol. The number of aromatic amines is 1. The van der Waals surface area contributed by atoms with E-state index in [-0.39, 0.29) is 22.8 Å². The van der Waals surface area contributed by atoms with Gasteiger partial charge in [0.05, 0.1) is 6.20 Å². The number of nitrogens with zero attached hydrogens (tertiary/aromatic N) is 3. The van der Waals surface area contributed by atoms with Crippen molar-refractivity contribution >= 4 is 28.7 Å². The Bertz CT molecular complexity index is 691. The molecule has 8 nitrogen and oxygen atoms in total. The summed E-state index contributed by atoms with van der Waals surface area (Å²) in [7, 11) is 0. The van der Waals surface area contributed by atoms with Crippen molar-refractivity contribution in [2.75, 3.05) is 5.73 Å². The van der Waals surface area contributed by atoms with Crippen LogP contribution in [-0.2, 0) is 4.79 Å². The lowest BCUT2D eigenvalue weighted by Crippen LogP contribution is -2.17. The molecule has 0 saturated heterocycles. The molecule has 0 aromatic carbocycles. The quantitative estimate of drug-likeness (QED) is 0.505. The number of rotatable bonds is 2. The molecule has 0 bridgehead atoms. The van der Waals surface area contributed by atoms with Gasteiger partial charge in [-0.15, -0.1) is 0 Å². The molecule has 3 N–H and O–H groups in total. The first-order chi connectivity index (χ1) is 7.99. The summed E-state index contributed by atoms with van der Waals surface area (Å²) in [5.74, 6) is -1.59. The highest BCUT2D eigenvalue weighted by Gasteiger charge is 2.15. The number of carbonyl (C=O) groups is 2. The third-order valence-corrected chi connectivity index (χ3v) is 1.99. The topological polar surface area (TPSA) is 132 Å². The highest BCUT2D eigenvalue weighted by atomic mass is 16.2. The van der Waals surface area contributed by atoms with Gasteiger partial charge in [-0.25, -0.2) is 9.97 Å². The molecule has 0 spiro atoms. The van der Waals surface area contributed by atoms with E-state index in [1.165, 1.54) is 0 Å². The number of fused-ring (bicyclic) bond motifs is 1. The van der Waals surface area contributed by atoms with Crippen LogP contribution in [0.4, 0.5) is 5.95 Å². The van der Waals surface area contributed by atoms with Crippen molar-refractivity contribution in [2.24, 2.45) is 0 Å². The summed E-state index contributed by atoms with van der Waals surface area (Å²) < 4.78 is 0. The second-order valence-corrected chi connectivity index (χ2v) is 3.26. The normalized spacial score (nSPS) is 10.4. The highest BCUT2D eigenvalue weighted by molar-refractivity contribution is 6.42. The predicted molar refractivity (Wildman–Crippen MR) is 57.4 cm³/mol. The van der Waals surface area contributed by atoms with Crippen LogP contribution in [-0.4, -0.2) is 31.5 Å². The van der Waals surface area contributed by atoms with Gasteiger partial charge in [-0.2, -0.15) is 4.98 Å². The lowest BCUT2D eigenvalue weighted by Gasteiger charge is -1.99. The minimum atomic E-state index is -0.810. The second-order valence-electron chi connectivity index (χ2n) is 3.26. The molecule has 0 atom stereocenters. The third kappa shape index (κ3) is 1.87. The predicted octanol–water partition coefficient (Wildman–Crippen LogP) is -0.933. The van der Waals surface area contributed by atoms with E-state index in [4.69, 9.17) is 5.73 Å². The second kappa shape index (κ2) is 3.74. The molecule has 0 aliphatic rings. The van der Waals surface area contributed by atoms with E-state index in [0.29, 0.717) is 0 Å². The molecular formula is C9H7N5O3. The van der Waals surface area contributed by atoms with Gasteiger partial charge in [-0.3, -0.25) is 19.4 Å². The van der Waals surface area contributed by atoms with Gasteiger partial charge in [0.1, 0.15) is 5.69 Å². The number of hydrogen-bond donors (Lipinski definition) is 2. The summed E-state index contributed by atoms with van der Waals surface area (Å²) in [6.45, 7) is 1.11. The molecule has 0 aliphatic carbocycles. The van der Waals surface area contributed by atoms with Crippen LogP contribution in [0.1, 0.15) is 17.4 Å². The van der Waals surface area contributed by atoms with E-state index in [0.717, 1.165) is 13.1 Å². The van der Waals surface area contributed by atoms with Crippen LogP contribution >= 0.6 is 0 Å². The number of Topliss-reactive ketones (excluding diaryl/α,β-unsaturated/α-hetero) is 2. The molecule has 0 aliphatic heterocycles. The molecule has 8 heteroatoms. The first kappa shape index (κ1) is 10.9. The van der Waals surface area contributed by atoms with E-state index >= 15 is 0 Å². The van der Waals surface area contributed by atoms with Crippen LogP contribution in [0.3, 0.4) is 0 Å². The first-order valence-corrected chi connectivity index (χ1v) is 4.57. The number of H-pyrrole nitrogens is 1. The van der Waals surface area contributed by atoms with Crippen LogP contribution < -0.4 is 11.3 Å². The summed E-state index contributed by atoms with van der Waals surface area (Å²) >= 11 is 0. The molecule has 17 heavy (non-hydrogen) atoms. The molecule has 0 radical (unpaired) electrons. The fourth-order valence-corrected chi connectivity index (χ4v) is 1.22. The van der Waals surface area contributed by atoms with Crippen molar-refractivity contribution in [2.45, 2.75) is 6.92 Å². The summed E-state index contributed by atoms with van der Waals surface area (Å²) in [5.41, 5.74) is 4.40. The number of anilines is 1. The molecular weight excluding hydrogens is 226 g/mol. The summed E-state index contributed by atoms with van der Waals surface area (Å²) in [6, 6.07) is 0. The van der Waals surface area contributed by atoms with Gasteiger partial charge in [0, 0.05) is 6.92 Å². The van der Waals surface area contributed by atoms with Gasteiger partial charge < -0.3 is 5.73 Å². The molecule has 2 heterocycles. The van der Waals surface area contributed by atoms with Crippen molar-refractivity contribution in [3.8, 4) is 0 Å². The van der Waals surface area contributed by atoms with Crippen molar-refractivity contribution in [1.29, 1.82) is 0 Å². The number of nitrogens with two attached hydrogens (primary N) is 1. The Morgan fingerprint density at radius 3 is 2.71 bits per heavy atom. The minimum absolute atomic E-state index is 0.0198. The lowest BCUT2D eigenvalue weighted by atomic mass is 10.2. The van der Waals surface area contributed by atoms with E-state index in [2.05, 4.69) is 19.9 Å². The van der Waals surface area contributed by atoms with Crippen LogP contribution in [0, 0.1) is 0 Å². The van der Waals surface area contributed by atoms with E-state index in [9.17, 15) is 14.4 Å². The van der Waals surface area contributed by atoms with Gasteiger partial charge in [-0.1, -0.05) is 0 Å². The minimum Gasteiger partial charge on any atom is -0.369 e. The fraction of sp³-hybridized carbons (Fsp3) is 0.111. The Labute approximate surface area is 93.9 Å². The summed E-state index contributed by atoms with van der Waals surface area (Å²) in [5, 5.41) is 0. The van der Waals surface area contributed by atoms with E-state index in [1.54, 1.807) is 0 Å². The van der Waals surface area contributed by atoms with Gasteiger partial charge >= 0.3 is 0 Å². The summed E-state index contributed by atoms with van der Waals surface area (Å²) in [4.78, 5) is 47.2. The maximum atomic E-state index is 11.5. The highest BCUT2D eigenvalue weighted by Crippen LogP contribution is 2.03. The number of aromatic nitrogens is 4. The van der Waals surface area contributed by atoms with Crippen molar-refractivity contribution in [3.05, 3.63) is 22.2 Å². The molecule has 0 saturated carbocycles. The van der Waals surface area contributed by atoms with E-state index < -0.39 is 17.1 Å². The molecule has 0 fully saturated rings. The number of ketones is 2. The third-order valence-electron chi connectivity index (χ3n) is 1.99. The Kier molecular flexibility index (Phi) is 2.39. The molecule has 2 rings (SSSR count). The Balaban J connectivity index is 2.70. The number of hydrogen-bond acceptors (Lipinski definition) is 7. The average Bonchev–Trinajstić information content (AvgIpc) is 2.27. The Morgan fingerprint density at radius 1 is 1.35 bits per heavy atom. The zero-order chi connectivity index (χ0) is 12.6. The lowest BCUT2D eigenvalue weighted by molar-refractivity contribution is -0.113. The molecule has 2 aromatic heterocycles. The van der Waals surface area contributed by atoms with Gasteiger partial charge in [0.25, 0.3) is 5.56 Å². The smallest absolute Gasteiger partial charge is 0.280 e. The monoisotopic (exact) mass is 233 g/mol. The standard InChI is InChI=1S/C9H7N5O3/c1-3(15)6(16)4-2-11-7-5(12-4)8(17)14-9(10)13-7/h2H,1H3,(H3,10,11,13,14,17). The van der Waals surface area contributed by atoms with Gasteiger partial charge in [0.15, 0.2) is 11.2 Å².